The van der Waals surface area contributed by atoms with Crippen LogP contribution >= 0.6 is 0 Å². The summed E-state index contributed by atoms with van der Waals surface area (Å²) >= 11 is 0. The first kappa shape index (κ1) is 17.5. The molecule has 1 unspecified atom stereocenters. The zero-order valence-corrected chi connectivity index (χ0v) is 14.1. The van der Waals surface area contributed by atoms with Gasteiger partial charge in [-0.1, -0.05) is 0 Å². The van der Waals surface area contributed by atoms with Crippen molar-refractivity contribution in [1.82, 2.24) is 14.7 Å². The molecule has 22 heavy (non-hydrogen) atoms. The maximum Gasteiger partial charge on any atom is 0.320 e. The van der Waals surface area contributed by atoms with Crippen molar-refractivity contribution in [2.75, 3.05) is 66.6 Å². The third-order valence-electron chi connectivity index (χ3n) is 5.10. The third kappa shape index (κ3) is 4.33. The lowest BCUT2D eigenvalue weighted by Gasteiger charge is -2.44. The topological polar surface area (TPSA) is 56.3 Å². The number of carbonyl (C=O) groups is 1. The molecule has 2 fully saturated rings. The van der Waals surface area contributed by atoms with Gasteiger partial charge in [0.15, 0.2) is 0 Å². The Labute approximate surface area is 134 Å². The zero-order chi connectivity index (χ0) is 16.0. The number of likely N-dealkylation sites (N-methyl/N-ethyl adjacent to an activating group) is 1. The number of amides is 2. The fraction of sp³-hybridized carbons (Fsp3) is 0.938. The first-order valence-electron chi connectivity index (χ1n) is 8.42. The number of piperidine rings is 1. The number of hydrogen-bond acceptors (Lipinski definition) is 4. The van der Waals surface area contributed by atoms with Gasteiger partial charge in [-0.15, -0.1) is 0 Å². The molecule has 0 aliphatic carbocycles. The van der Waals surface area contributed by atoms with E-state index in [0.29, 0.717) is 13.2 Å². The molecular weight excluding hydrogens is 282 g/mol. The molecule has 0 radical (unpaired) electrons. The summed E-state index contributed by atoms with van der Waals surface area (Å²) in [5.74, 6) is 0. The SMILES string of the molecule is COCCCC1(CO)CCCN(C(=O)N2CCN(C)CC2)C1. The highest BCUT2D eigenvalue weighted by Gasteiger charge is 2.37. The van der Waals surface area contributed by atoms with Crippen LogP contribution in [-0.4, -0.2) is 92.5 Å². The minimum absolute atomic E-state index is 0.140. The van der Waals surface area contributed by atoms with E-state index in [-0.39, 0.29) is 18.1 Å². The molecule has 0 aromatic heterocycles. The molecule has 0 spiro atoms. The van der Waals surface area contributed by atoms with Crippen LogP contribution in [0.4, 0.5) is 4.79 Å². The summed E-state index contributed by atoms with van der Waals surface area (Å²) in [6.45, 7) is 5.87. The molecule has 0 saturated carbocycles. The smallest absolute Gasteiger partial charge is 0.320 e. The second-order valence-corrected chi connectivity index (χ2v) is 6.85. The van der Waals surface area contributed by atoms with Crippen LogP contribution in [0.1, 0.15) is 25.7 Å². The number of ether oxygens (including phenoxy) is 1. The molecular formula is C16H31N3O3. The van der Waals surface area contributed by atoms with E-state index in [9.17, 15) is 9.90 Å². The largest absolute Gasteiger partial charge is 0.396 e. The lowest BCUT2D eigenvalue weighted by Crippen LogP contribution is -2.56. The minimum Gasteiger partial charge on any atom is -0.396 e. The monoisotopic (exact) mass is 313 g/mol. The van der Waals surface area contributed by atoms with Gasteiger partial charge in [0.25, 0.3) is 0 Å². The molecule has 2 aliphatic heterocycles. The van der Waals surface area contributed by atoms with Gasteiger partial charge in [-0.25, -0.2) is 4.79 Å². The fourth-order valence-corrected chi connectivity index (χ4v) is 3.57. The number of likely N-dealkylation sites (tertiary alicyclic amines) is 1. The second kappa shape index (κ2) is 8.13. The van der Waals surface area contributed by atoms with Crippen molar-refractivity contribution in [2.45, 2.75) is 25.7 Å². The Hall–Kier alpha value is -0.850. The van der Waals surface area contributed by atoms with Crippen LogP contribution in [0.25, 0.3) is 0 Å². The van der Waals surface area contributed by atoms with E-state index in [0.717, 1.165) is 58.4 Å². The summed E-state index contributed by atoms with van der Waals surface area (Å²) in [6.07, 6.45) is 3.84. The highest BCUT2D eigenvalue weighted by atomic mass is 16.5. The van der Waals surface area contributed by atoms with Gasteiger partial charge in [-0.05, 0) is 32.7 Å². The molecule has 128 valence electrons. The van der Waals surface area contributed by atoms with Crippen LogP contribution in [0.3, 0.4) is 0 Å². The van der Waals surface area contributed by atoms with Crippen molar-refractivity contribution in [1.29, 1.82) is 0 Å². The molecule has 2 heterocycles. The van der Waals surface area contributed by atoms with E-state index in [1.165, 1.54) is 0 Å². The number of aliphatic hydroxyl groups is 1. The highest BCUT2D eigenvalue weighted by Crippen LogP contribution is 2.34. The Morgan fingerprint density at radius 3 is 2.55 bits per heavy atom. The van der Waals surface area contributed by atoms with Gasteiger partial charge in [-0.3, -0.25) is 0 Å². The Morgan fingerprint density at radius 1 is 1.18 bits per heavy atom. The van der Waals surface area contributed by atoms with Crippen LogP contribution in [0.5, 0.6) is 0 Å². The zero-order valence-electron chi connectivity index (χ0n) is 14.1. The Kier molecular flexibility index (Phi) is 6.47. The van der Waals surface area contributed by atoms with E-state index in [2.05, 4.69) is 11.9 Å². The summed E-state index contributed by atoms with van der Waals surface area (Å²) in [7, 11) is 3.80. The van der Waals surface area contributed by atoms with Gasteiger partial charge in [0.1, 0.15) is 0 Å². The first-order valence-corrected chi connectivity index (χ1v) is 8.42. The summed E-state index contributed by atoms with van der Waals surface area (Å²) in [6, 6.07) is 0.150. The normalized spacial score (nSPS) is 27.2. The lowest BCUT2D eigenvalue weighted by atomic mass is 9.77. The molecule has 6 heteroatoms. The van der Waals surface area contributed by atoms with E-state index >= 15 is 0 Å². The molecule has 0 aromatic carbocycles. The van der Waals surface area contributed by atoms with Gasteiger partial charge in [0.2, 0.25) is 0 Å². The molecule has 0 bridgehead atoms. The number of methoxy groups -OCH3 is 1. The minimum atomic E-state index is -0.140. The summed E-state index contributed by atoms with van der Waals surface area (Å²) in [5, 5.41) is 9.89. The molecule has 2 rings (SSSR count). The van der Waals surface area contributed by atoms with Crippen molar-refractivity contribution >= 4 is 6.03 Å². The predicted octanol–water partition coefficient (Wildman–Crippen LogP) is 0.855. The number of aliphatic hydroxyl groups excluding tert-OH is 1. The number of piperazine rings is 1. The predicted molar refractivity (Wildman–Crippen MR) is 85.9 cm³/mol. The molecule has 0 aromatic rings. The van der Waals surface area contributed by atoms with Crippen molar-refractivity contribution in [3.63, 3.8) is 0 Å². The van der Waals surface area contributed by atoms with Gasteiger partial charge < -0.3 is 24.5 Å². The van der Waals surface area contributed by atoms with Crippen LogP contribution in [0.2, 0.25) is 0 Å². The van der Waals surface area contributed by atoms with Gasteiger partial charge >= 0.3 is 6.03 Å². The second-order valence-electron chi connectivity index (χ2n) is 6.85. The summed E-state index contributed by atoms with van der Waals surface area (Å²) in [4.78, 5) is 18.9. The third-order valence-corrected chi connectivity index (χ3v) is 5.10. The molecule has 1 atom stereocenters. The Morgan fingerprint density at radius 2 is 1.91 bits per heavy atom. The van der Waals surface area contributed by atoms with E-state index in [1.54, 1.807) is 7.11 Å². The van der Waals surface area contributed by atoms with Crippen molar-refractivity contribution < 1.29 is 14.6 Å². The van der Waals surface area contributed by atoms with Crippen LogP contribution in [0, 0.1) is 5.41 Å². The van der Waals surface area contributed by atoms with Crippen LogP contribution in [-0.2, 0) is 4.74 Å². The lowest BCUT2D eigenvalue weighted by molar-refractivity contribution is 0.0228. The quantitative estimate of drug-likeness (QED) is 0.765. The van der Waals surface area contributed by atoms with Gasteiger partial charge in [0, 0.05) is 58.4 Å². The summed E-state index contributed by atoms with van der Waals surface area (Å²) in [5.41, 5.74) is -0.140. The first-order chi connectivity index (χ1) is 10.6. The number of nitrogens with zero attached hydrogens (tertiary/aromatic N) is 3. The Bertz CT molecular complexity index is 359. The highest BCUT2D eigenvalue weighted by molar-refractivity contribution is 5.74. The average molecular weight is 313 g/mol. The van der Waals surface area contributed by atoms with Gasteiger partial charge in [-0.2, -0.15) is 0 Å². The number of hydrogen-bond donors (Lipinski definition) is 1. The van der Waals surface area contributed by atoms with Crippen molar-refractivity contribution in [2.24, 2.45) is 5.41 Å². The Balaban J connectivity index is 1.92. The van der Waals surface area contributed by atoms with E-state index in [1.807, 2.05) is 9.80 Å². The average Bonchev–Trinajstić information content (AvgIpc) is 2.55. The van der Waals surface area contributed by atoms with Gasteiger partial charge in [0.05, 0.1) is 6.61 Å². The van der Waals surface area contributed by atoms with E-state index < -0.39 is 0 Å². The number of rotatable bonds is 5. The van der Waals surface area contributed by atoms with Crippen LogP contribution < -0.4 is 0 Å². The maximum atomic E-state index is 12.7. The maximum absolute atomic E-state index is 12.7. The molecule has 2 aliphatic rings. The molecule has 1 N–H and O–H groups in total. The number of urea groups is 1. The van der Waals surface area contributed by atoms with Crippen molar-refractivity contribution in [3.8, 4) is 0 Å². The van der Waals surface area contributed by atoms with E-state index in [4.69, 9.17) is 4.74 Å². The number of carbonyl (C=O) groups excluding carboxylic acids is 1. The van der Waals surface area contributed by atoms with Crippen LogP contribution in [0.15, 0.2) is 0 Å². The summed E-state index contributed by atoms with van der Waals surface area (Å²) < 4.78 is 5.13. The molecule has 2 saturated heterocycles. The fourth-order valence-electron chi connectivity index (χ4n) is 3.57. The molecule has 6 nitrogen and oxygen atoms in total. The standard InChI is InChI=1S/C16H31N3O3/c1-17-8-10-18(11-9-17)15(21)19-7-3-5-16(13-19,14-20)6-4-12-22-2/h20H,3-14H2,1-2H3. The van der Waals surface area contributed by atoms with Crippen molar-refractivity contribution in [3.05, 3.63) is 0 Å². The molecule has 2 amide bonds.